The summed E-state index contributed by atoms with van der Waals surface area (Å²) in [5.74, 6) is -0.609. The van der Waals surface area contributed by atoms with Gasteiger partial charge in [0.2, 0.25) is 0 Å². The van der Waals surface area contributed by atoms with Crippen molar-refractivity contribution in [2.45, 2.75) is 26.3 Å². The van der Waals surface area contributed by atoms with Gasteiger partial charge in [-0.1, -0.05) is 20.3 Å². The minimum absolute atomic E-state index is 0.0636. The highest BCUT2D eigenvalue weighted by Gasteiger charge is 2.26. The number of benzene rings is 1. The predicted octanol–water partition coefficient (Wildman–Crippen LogP) is 1.88. The number of nitrogens with one attached hydrogen (secondary N) is 1. The first kappa shape index (κ1) is 18.5. The second kappa shape index (κ2) is 8.32. The molecule has 2 aromatic rings. The SMILES string of the molecule is CCC(C)C(NC(=O)COc1ccc2ccc(=O)oc2c1)C(=O)OC. The second-order valence-electron chi connectivity index (χ2n) is 5.70. The quantitative estimate of drug-likeness (QED) is 0.607. The van der Waals surface area contributed by atoms with Crippen LogP contribution < -0.4 is 15.7 Å². The van der Waals surface area contributed by atoms with E-state index in [1.54, 1.807) is 18.2 Å². The summed E-state index contributed by atoms with van der Waals surface area (Å²) in [4.78, 5) is 35.1. The minimum Gasteiger partial charge on any atom is -0.484 e. The molecule has 0 saturated carbocycles. The predicted molar refractivity (Wildman–Crippen MR) is 91.4 cm³/mol. The molecule has 1 aromatic heterocycles. The molecule has 0 saturated heterocycles. The number of rotatable bonds is 7. The fraction of sp³-hybridized carbons (Fsp3) is 0.389. The second-order valence-corrected chi connectivity index (χ2v) is 5.70. The van der Waals surface area contributed by atoms with E-state index >= 15 is 0 Å². The molecule has 0 fully saturated rings. The van der Waals surface area contributed by atoms with E-state index in [1.165, 1.54) is 19.2 Å². The minimum atomic E-state index is -0.722. The van der Waals surface area contributed by atoms with Gasteiger partial charge in [0.15, 0.2) is 6.61 Å². The fourth-order valence-corrected chi connectivity index (χ4v) is 2.29. The van der Waals surface area contributed by atoms with Crippen LogP contribution in [0.1, 0.15) is 20.3 Å². The average Bonchev–Trinajstić information content (AvgIpc) is 2.62. The topological polar surface area (TPSA) is 94.8 Å². The van der Waals surface area contributed by atoms with Crippen LogP contribution in [0.3, 0.4) is 0 Å². The van der Waals surface area contributed by atoms with Crippen LogP contribution in [0.2, 0.25) is 0 Å². The summed E-state index contributed by atoms with van der Waals surface area (Å²) in [6.45, 7) is 3.51. The standard InChI is InChI=1S/C18H21NO6/c1-4-11(2)17(18(22)23-3)19-15(20)10-24-13-7-5-12-6-8-16(21)25-14(12)9-13/h5-9,11,17H,4,10H2,1-3H3,(H,19,20). The molecule has 1 aromatic carbocycles. The molecule has 0 spiro atoms. The number of carbonyl (C=O) groups is 2. The first-order valence-electron chi connectivity index (χ1n) is 7.98. The highest BCUT2D eigenvalue weighted by molar-refractivity contribution is 5.85. The zero-order chi connectivity index (χ0) is 18.4. The Morgan fingerprint density at radius 2 is 1.96 bits per heavy atom. The normalized spacial score (nSPS) is 13.1. The summed E-state index contributed by atoms with van der Waals surface area (Å²) in [6.07, 6.45) is 0.713. The number of ether oxygens (including phenoxy) is 2. The third kappa shape index (κ3) is 4.82. The molecule has 2 atom stereocenters. The molecule has 0 aliphatic carbocycles. The van der Waals surface area contributed by atoms with E-state index in [1.807, 2.05) is 13.8 Å². The maximum absolute atomic E-state index is 12.1. The number of esters is 1. The molecule has 2 unspecified atom stereocenters. The molecule has 7 nitrogen and oxygen atoms in total. The van der Waals surface area contributed by atoms with E-state index in [0.29, 0.717) is 17.8 Å². The molecular formula is C18H21NO6. The van der Waals surface area contributed by atoms with Gasteiger partial charge in [-0.05, 0) is 24.1 Å². The molecule has 1 amide bonds. The van der Waals surface area contributed by atoms with Gasteiger partial charge in [-0.3, -0.25) is 4.79 Å². The molecule has 134 valence electrons. The molecule has 7 heteroatoms. The van der Waals surface area contributed by atoms with Crippen LogP contribution in [-0.2, 0) is 14.3 Å². The van der Waals surface area contributed by atoms with Gasteiger partial charge in [0.1, 0.15) is 17.4 Å². The molecule has 2 rings (SSSR count). The van der Waals surface area contributed by atoms with Crippen molar-refractivity contribution in [3.05, 3.63) is 40.8 Å². The summed E-state index contributed by atoms with van der Waals surface area (Å²) in [5.41, 5.74) is -0.0886. The first-order chi connectivity index (χ1) is 11.9. The number of hydrogen-bond donors (Lipinski definition) is 1. The smallest absolute Gasteiger partial charge is 0.336 e. The first-order valence-corrected chi connectivity index (χ1v) is 7.98. The van der Waals surface area contributed by atoms with Gasteiger partial charge in [0, 0.05) is 17.5 Å². The van der Waals surface area contributed by atoms with Crippen molar-refractivity contribution < 1.29 is 23.5 Å². The third-order valence-corrected chi connectivity index (χ3v) is 3.95. The Morgan fingerprint density at radius 3 is 2.64 bits per heavy atom. The van der Waals surface area contributed by atoms with E-state index in [-0.39, 0.29) is 12.5 Å². The largest absolute Gasteiger partial charge is 0.484 e. The van der Waals surface area contributed by atoms with Gasteiger partial charge in [-0.25, -0.2) is 9.59 Å². The molecule has 1 heterocycles. The summed E-state index contributed by atoms with van der Waals surface area (Å²) >= 11 is 0. The summed E-state index contributed by atoms with van der Waals surface area (Å²) < 4.78 is 15.2. The Kier molecular flexibility index (Phi) is 6.16. The van der Waals surface area contributed by atoms with Crippen LogP contribution in [0.25, 0.3) is 11.0 Å². The molecule has 0 bridgehead atoms. The Bertz CT molecular complexity index is 813. The monoisotopic (exact) mass is 347 g/mol. The average molecular weight is 347 g/mol. The number of methoxy groups -OCH3 is 1. The van der Waals surface area contributed by atoms with E-state index in [9.17, 15) is 14.4 Å². The number of fused-ring (bicyclic) bond motifs is 1. The van der Waals surface area contributed by atoms with Crippen LogP contribution in [0.15, 0.2) is 39.5 Å². The number of amides is 1. The van der Waals surface area contributed by atoms with Crippen molar-refractivity contribution in [2.75, 3.05) is 13.7 Å². The lowest BCUT2D eigenvalue weighted by Gasteiger charge is -2.21. The highest BCUT2D eigenvalue weighted by Crippen LogP contribution is 2.19. The number of hydrogen-bond acceptors (Lipinski definition) is 6. The van der Waals surface area contributed by atoms with Gasteiger partial charge < -0.3 is 19.2 Å². The number of carbonyl (C=O) groups excluding carboxylic acids is 2. The Balaban J connectivity index is 2.01. The molecule has 0 radical (unpaired) electrons. The van der Waals surface area contributed by atoms with Crippen molar-refractivity contribution in [3.63, 3.8) is 0 Å². The van der Waals surface area contributed by atoms with Gasteiger partial charge in [-0.15, -0.1) is 0 Å². The molecule has 25 heavy (non-hydrogen) atoms. The lowest BCUT2D eigenvalue weighted by molar-refractivity contribution is -0.146. The van der Waals surface area contributed by atoms with E-state index < -0.39 is 23.5 Å². The van der Waals surface area contributed by atoms with Crippen LogP contribution in [0.4, 0.5) is 0 Å². The van der Waals surface area contributed by atoms with E-state index in [2.05, 4.69) is 5.32 Å². The fourth-order valence-electron chi connectivity index (χ4n) is 2.29. The van der Waals surface area contributed by atoms with Crippen molar-refractivity contribution in [2.24, 2.45) is 5.92 Å². The zero-order valence-corrected chi connectivity index (χ0v) is 14.4. The maximum Gasteiger partial charge on any atom is 0.336 e. The van der Waals surface area contributed by atoms with Crippen LogP contribution in [-0.4, -0.2) is 31.6 Å². The lowest BCUT2D eigenvalue weighted by Crippen LogP contribution is -2.47. The molecule has 1 N–H and O–H groups in total. The van der Waals surface area contributed by atoms with Gasteiger partial charge in [0.05, 0.1) is 7.11 Å². The summed E-state index contributed by atoms with van der Waals surface area (Å²) in [5, 5.41) is 3.37. The van der Waals surface area contributed by atoms with E-state index in [0.717, 1.165) is 5.39 Å². The van der Waals surface area contributed by atoms with Crippen LogP contribution >= 0.6 is 0 Å². The summed E-state index contributed by atoms with van der Waals surface area (Å²) in [6, 6.07) is 7.18. The van der Waals surface area contributed by atoms with Gasteiger partial charge in [-0.2, -0.15) is 0 Å². The third-order valence-electron chi connectivity index (χ3n) is 3.95. The maximum atomic E-state index is 12.1. The van der Waals surface area contributed by atoms with Crippen LogP contribution in [0, 0.1) is 5.92 Å². The van der Waals surface area contributed by atoms with Crippen molar-refractivity contribution in [1.29, 1.82) is 0 Å². The van der Waals surface area contributed by atoms with Crippen molar-refractivity contribution >= 4 is 22.8 Å². The lowest BCUT2D eigenvalue weighted by atomic mass is 9.99. The Labute approximate surface area is 144 Å². The zero-order valence-electron chi connectivity index (χ0n) is 14.4. The molecule has 0 aliphatic rings. The Morgan fingerprint density at radius 1 is 1.24 bits per heavy atom. The molecular weight excluding hydrogens is 326 g/mol. The molecule has 0 aliphatic heterocycles. The Hall–Kier alpha value is -2.83. The van der Waals surface area contributed by atoms with Crippen molar-refractivity contribution in [3.8, 4) is 5.75 Å². The van der Waals surface area contributed by atoms with Gasteiger partial charge in [0.25, 0.3) is 5.91 Å². The van der Waals surface area contributed by atoms with Gasteiger partial charge >= 0.3 is 11.6 Å². The van der Waals surface area contributed by atoms with Crippen LogP contribution in [0.5, 0.6) is 5.75 Å². The van der Waals surface area contributed by atoms with Crippen molar-refractivity contribution in [1.82, 2.24) is 5.32 Å². The van der Waals surface area contributed by atoms with E-state index in [4.69, 9.17) is 13.9 Å². The highest BCUT2D eigenvalue weighted by atomic mass is 16.5. The summed E-state index contributed by atoms with van der Waals surface area (Å²) in [7, 11) is 1.28.